The number of amides is 2. The molecule has 1 aromatic carbocycles. The van der Waals surface area contributed by atoms with Gasteiger partial charge in [0.05, 0.1) is 0 Å². The van der Waals surface area contributed by atoms with Gasteiger partial charge in [-0.25, -0.2) is 4.79 Å². The SMILES string of the molecule is CCCCn1c(C(=O)N2CCCN(C(=O)OC(C)(C)C)CC2)c(C)c2ccccc21. The van der Waals surface area contributed by atoms with Crippen LogP contribution in [0.4, 0.5) is 4.79 Å². The first-order valence-electron chi connectivity index (χ1n) is 11.1. The summed E-state index contributed by atoms with van der Waals surface area (Å²) in [5.74, 6) is 0.0610. The van der Waals surface area contributed by atoms with Crippen LogP contribution in [0, 0.1) is 6.92 Å². The second kappa shape index (κ2) is 9.11. The van der Waals surface area contributed by atoms with E-state index in [0.29, 0.717) is 26.2 Å². The molecule has 0 radical (unpaired) electrons. The number of hydrogen-bond donors (Lipinski definition) is 0. The van der Waals surface area contributed by atoms with Crippen LogP contribution in [0.2, 0.25) is 0 Å². The highest BCUT2D eigenvalue weighted by molar-refractivity contribution is 6.01. The van der Waals surface area contributed by atoms with E-state index in [1.807, 2.05) is 44.7 Å². The lowest BCUT2D eigenvalue weighted by atomic mass is 10.1. The van der Waals surface area contributed by atoms with E-state index in [-0.39, 0.29) is 12.0 Å². The third kappa shape index (κ3) is 4.79. The number of carbonyl (C=O) groups is 2. The molecule has 2 heterocycles. The Morgan fingerprint density at radius 3 is 2.40 bits per heavy atom. The zero-order valence-electron chi connectivity index (χ0n) is 19.0. The van der Waals surface area contributed by atoms with Crippen molar-refractivity contribution in [3.8, 4) is 0 Å². The lowest BCUT2D eigenvalue weighted by Crippen LogP contribution is -2.40. The minimum Gasteiger partial charge on any atom is -0.444 e. The molecule has 0 unspecified atom stereocenters. The van der Waals surface area contributed by atoms with Gasteiger partial charge in [-0.1, -0.05) is 31.5 Å². The average molecular weight is 414 g/mol. The number of ether oxygens (including phenoxy) is 1. The average Bonchev–Trinajstić information content (AvgIpc) is 2.85. The van der Waals surface area contributed by atoms with Crippen LogP contribution in [0.25, 0.3) is 10.9 Å². The zero-order chi connectivity index (χ0) is 21.9. The largest absolute Gasteiger partial charge is 0.444 e. The summed E-state index contributed by atoms with van der Waals surface area (Å²) < 4.78 is 7.70. The minimum atomic E-state index is -0.518. The van der Waals surface area contributed by atoms with Crippen LogP contribution in [0.15, 0.2) is 24.3 Å². The van der Waals surface area contributed by atoms with Crippen LogP contribution < -0.4 is 0 Å². The number of carbonyl (C=O) groups excluding carboxylic acids is 2. The second-order valence-electron chi connectivity index (χ2n) is 9.11. The van der Waals surface area contributed by atoms with E-state index in [2.05, 4.69) is 23.6 Å². The van der Waals surface area contributed by atoms with Gasteiger partial charge in [-0.2, -0.15) is 0 Å². The summed E-state index contributed by atoms with van der Waals surface area (Å²) >= 11 is 0. The molecular formula is C24H35N3O3. The summed E-state index contributed by atoms with van der Waals surface area (Å²) in [4.78, 5) is 29.7. The van der Waals surface area contributed by atoms with Crippen LogP contribution in [0.3, 0.4) is 0 Å². The first-order chi connectivity index (χ1) is 14.2. The molecule has 1 saturated heterocycles. The molecule has 2 aromatic rings. The third-order valence-electron chi connectivity index (χ3n) is 5.60. The number of fused-ring (bicyclic) bond motifs is 1. The molecule has 0 spiro atoms. The van der Waals surface area contributed by atoms with Crippen LogP contribution in [0.1, 0.15) is 63.0 Å². The van der Waals surface area contributed by atoms with Gasteiger partial charge in [0.15, 0.2) is 0 Å². The topological polar surface area (TPSA) is 54.8 Å². The Morgan fingerprint density at radius 1 is 1.03 bits per heavy atom. The number of rotatable bonds is 4. The predicted octanol–water partition coefficient (Wildman–Crippen LogP) is 4.83. The number of para-hydroxylation sites is 1. The molecule has 0 N–H and O–H groups in total. The Kier molecular flexibility index (Phi) is 6.74. The summed E-state index contributed by atoms with van der Waals surface area (Å²) in [5, 5.41) is 1.14. The van der Waals surface area contributed by atoms with E-state index in [1.165, 1.54) is 0 Å². The monoisotopic (exact) mass is 413 g/mol. The van der Waals surface area contributed by atoms with Crippen LogP contribution in [0.5, 0.6) is 0 Å². The van der Waals surface area contributed by atoms with E-state index < -0.39 is 5.60 Å². The maximum Gasteiger partial charge on any atom is 0.410 e. The first kappa shape index (κ1) is 22.2. The molecule has 164 valence electrons. The molecule has 0 bridgehead atoms. The fourth-order valence-corrected chi connectivity index (χ4v) is 4.08. The van der Waals surface area contributed by atoms with Gasteiger partial charge in [0.1, 0.15) is 11.3 Å². The number of unbranched alkanes of at least 4 members (excludes halogenated alkanes) is 1. The van der Waals surface area contributed by atoms with Gasteiger partial charge < -0.3 is 19.1 Å². The van der Waals surface area contributed by atoms with E-state index in [1.54, 1.807) is 4.90 Å². The maximum absolute atomic E-state index is 13.6. The highest BCUT2D eigenvalue weighted by Gasteiger charge is 2.29. The van der Waals surface area contributed by atoms with Gasteiger partial charge in [-0.15, -0.1) is 0 Å². The van der Waals surface area contributed by atoms with Crippen LogP contribution >= 0.6 is 0 Å². The molecule has 1 fully saturated rings. The summed E-state index contributed by atoms with van der Waals surface area (Å²) in [5.41, 5.74) is 2.43. The molecule has 0 saturated carbocycles. The Labute approximate surface area is 179 Å². The molecular weight excluding hydrogens is 378 g/mol. The van der Waals surface area contributed by atoms with Crippen molar-refractivity contribution in [2.45, 2.75) is 66.0 Å². The number of aromatic nitrogens is 1. The maximum atomic E-state index is 13.6. The van der Waals surface area contributed by atoms with Crippen LogP contribution in [-0.4, -0.2) is 58.1 Å². The quantitative estimate of drug-likeness (QED) is 0.721. The molecule has 6 nitrogen and oxygen atoms in total. The Balaban J connectivity index is 1.82. The molecule has 2 amide bonds. The van der Waals surface area contributed by atoms with Gasteiger partial charge >= 0.3 is 6.09 Å². The Hall–Kier alpha value is -2.50. The number of aryl methyl sites for hydroxylation is 2. The van der Waals surface area contributed by atoms with Gasteiger partial charge in [-0.3, -0.25) is 4.79 Å². The van der Waals surface area contributed by atoms with E-state index in [9.17, 15) is 9.59 Å². The fraction of sp³-hybridized carbons (Fsp3) is 0.583. The lowest BCUT2D eigenvalue weighted by Gasteiger charge is -2.26. The van der Waals surface area contributed by atoms with E-state index >= 15 is 0 Å². The van der Waals surface area contributed by atoms with Gasteiger partial charge in [0, 0.05) is 43.6 Å². The Bertz CT molecular complexity index is 910. The summed E-state index contributed by atoms with van der Waals surface area (Å²) in [6.07, 6.45) is 2.56. The molecule has 0 aliphatic carbocycles. The second-order valence-corrected chi connectivity index (χ2v) is 9.11. The van der Waals surface area contributed by atoms with Crippen molar-refractivity contribution in [1.29, 1.82) is 0 Å². The molecule has 3 rings (SSSR count). The van der Waals surface area contributed by atoms with Crippen molar-refractivity contribution in [3.63, 3.8) is 0 Å². The smallest absolute Gasteiger partial charge is 0.410 e. The van der Waals surface area contributed by atoms with Crippen molar-refractivity contribution in [1.82, 2.24) is 14.4 Å². The van der Waals surface area contributed by atoms with E-state index in [4.69, 9.17) is 4.74 Å². The van der Waals surface area contributed by atoms with E-state index in [0.717, 1.165) is 48.0 Å². The molecule has 6 heteroatoms. The zero-order valence-corrected chi connectivity index (χ0v) is 19.0. The molecule has 1 aliphatic heterocycles. The molecule has 30 heavy (non-hydrogen) atoms. The normalized spacial score (nSPS) is 15.4. The standard InChI is InChI=1S/C24H35N3O3/c1-6-7-15-27-20-12-9-8-11-19(20)18(2)21(27)22(28)25-13-10-14-26(17-16-25)23(29)30-24(3,4)5/h8-9,11-12H,6-7,10,13-17H2,1-5H3. The molecule has 1 aromatic heterocycles. The summed E-state index contributed by atoms with van der Waals surface area (Å²) in [7, 11) is 0. The summed E-state index contributed by atoms with van der Waals surface area (Å²) in [6.45, 7) is 12.9. The van der Waals surface area contributed by atoms with Crippen LogP contribution in [-0.2, 0) is 11.3 Å². The number of nitrogens with zero attached hydrogens (tertiary/aromatic N) is 3. The molecule has 0 atom stereocenters. The van der Waals surface area contributed by atoms with Crippen molar-refractivity contribution in [2.24, 2.45) is 0 Å². The van der Waals surface area contributed by atoms with Gasteiger partial charge in [0.25, 0.3) is 5.91 Å². The number of benzene rings is 1. The van der Waals surface area contributed by atoms with Crippen molar-refractivity contribution in [3.05, 3.63) is 35.5 Å². The van der Waals surface area contributed by atoms with Crippen molar-refractivity contribution < 1.29 is 14.3 Å². The molecule has 1 aliphatic rings. The van der Waals surface area contributed by atoms with Gasteiger partial charge in [-0.05, 0) is 52.2 Å². The highest BCUT2D eigenvalue weighted by Crippen LogP contribution is 2.27. The lowest BCUT2D eigenvalue weighted by molar-refractivity contribution is 0.0255. The Morgan fingerprint density at radius 2 is 1.70 bits per heavy atom. The minimum absolute atomic E-state index is 0.0610. The predicted molar refractivity (Wildman–Crippen MR) is 120 cm³/mol. The first-order valence-corrected chi connectivity index (χ1v) is 11.1. The fourth-order valence-electron chi connectivity index (χ4n) is 4.08. The summed E-state index contributed by atoms with van der Waals surface area (Å²) in [6, 6.07) is 8.25. The number of hydrogen-bond acceptors (Lipinski definition) is 3. The van der Waals surface area contributed by atoms with Crippen molar-refractivity contribution >= 4 is 22.9 Å². The highest BCUT2D eigenvalue weighted by atomic mass is 16.6. The van der Waals surface area contributed by atoms with Crippen molar-refractivity contribution in [2.75, 3.05) is 26.2 Å². The third-order valence-corrected chi connectivity index (χ3v) is 5.60. The van der Waals surface area contributed by atoms with Gasteiger partial charge in [0.2, 0.25) is 0 Å².